The number of halogens is 2. The van der Waals surface area contributed by atoms with Gasteiger partial charge in [-0.3, -0.25) is 9.69 Å². The molecular formula is C26H27ClFN3O. The Kier molecular flexibility index (Phi) is 6.77. The van der Waals surface area contributed by atoms with Crippen LogP contribution in [-0.2, 0) is 13.0 Å². The smallest absolute Gasteiger partial charge is 0.255 e. The molecule has 0 saturated heterocycles. The number of benzene rings is 3. The third kappa shape index (κ3) is 4.79. The number of hydrogen-bond donors (Lipinski definition) is 1. The Balaban J connectivity index is 1.58. The van der Waals surface area contributed by atoms with E-state index >= 15 is 0 Å². The van der Waals surface area contributed by atoms with Crippen molar-refractivity contribution in [2.24, 2.45) is 0 Å². The van der Waals surface area contributed by atoms with Gasteiger partial charge in [0.1, 0.15) is 5.82 Å². The van der Waals surface area contributed by atoms with Crippen LogP contribution >= 0.6 is 11.6 Å². The first kappa shape index (κ1) is 22.3. The molecule has 3 aromatic rings. The summed E-state index contributed by atoms with van der Waals surface area (Å²) in [5.41, 5.74) is 4.78. The van der Waals surface area contributed by atoms with Crippen molar-refractivity contribution in [3.8, 4) is 0 Å². The van der Waals surface area contributed by atoms with Crippen LogP contribution in [0.5, 0.6) is 0 Å². The maximum absolute atomic E-state index is 14.2. The molecule has 32 heavy (non-hydrogen) atoms. The fourth-order valence-electron chi connectivity index (χ4n) is 4.23. The molecule has 0 aliphatic carbocycles. The number of carbonyl (C=O) groups is 1. The highest BCUT2D eigenvalue weighted by atomic mass is 35.5. The van der Waals surface area contributed by atoms with Crippen LogP contribution in [0.15, 0.2) is 66.7 Å². The predicted molar refractivity (Wildman–Crippen MR) is 128 cm³/mol. The molecule has 1 atom stereocenters. The molecule has 0 bridgehead atoms. The van der Waals surface area contributed by atoms with Crippen LogP contribution < -0.4 is 10.2 Å². The lowest BCUT2D eigenvalue weighted by molar-refractivity contribution is 0.0924. The van der Waals surface area contributed by atoms with Gasteiger partial charge in [-0.2, -0.15) is 0 Å². The molecule has 0 spiro atoms. The van der Waals surface area contributed by atoms with Crippen LogP contribution in [0.4, 0.5) is 10.1 Å². The fourth-order valence-corrected chi connectivity index (χ4v) is 4.48. The van der Waals surface area contributed by atoms with Gasteiger partial charge in [0.2, 0.25) is 0 Å². The molecule has 0 unspecified atom stereocenters. The topological polar surface area (TPSA) is 35.6 Å². The van der Waals surface area contributed by atoms with Crippen LogP contribution in [0.25, 0.3) is 0 Å². The summed E-state index contributed by atoms with van der Waals surface area (Å²) in [5.74, 6) is -1.12. The molecule has 4 nitrogen and oxygen atoms in total. The van der Waals surface area contributed by atoms with E-state index in [0.29, 0.717) is 6.54 Å². The van der Waals surface area contributed by atoms with E-state index in [-0.39, 0.29) is 16.6 Å². The number of nitrogens with one attached hydrogen (secondary N) is 1. The molecule has 1 aliphatic heterocycles. The van der Waals surface area contributed by atoms with Gasteiger partial charge in [-0.1, -0.05) is 54.1 Å². The maximum atomic E-state index is 14.2. The number of hydrogen-bond acceptors (Lipinski definition) is 3. The number of carbonyl (C=O) groups excluding carboxylic acids is 1. The summed E-state index contributed by atoms with van der Waals surface area (Å²) in [7, 11) is 4.01. The van der Waals surface area contributed by atoms with Gasteiger partial charge in [0.05, 0.1) is 16.6 Å². The third-order valence-corrected chi connectivity index (χ3v) is 6.36. The molecule has 3 aromatic carbocycles. The molecule has 1 amide bonds. The molecule has 6 heteroatoms. The summed E-state index contributed by atoms with van der Waals surface area (Å²) in [6.45, 7) is 2.03. The Hall–Kier alpha value is -2.89. The maximum Gasteiger partial charge on any atom is 0.255 e. The highest BCUT2D eigenvalue weighted by Crippen LogP contribution is 2.29. The Morgan fingerprint density at radius 3 is 2.47 bits per heavy atom. The first-order valence-electron chi connectivity index (χ1n) is 10.7. The average Bonchev–Trinajstić information content (AvgIpc) is 2.79. The van der Waals surface area contributed by atoms with Crippen LogP contribution in [-0.4, -0.2) is 38.0 Å². The molecule has 0 saturated carbocycles. The summed E-state index contributed by atoms with van der Waals surface area (Å²) in [6, 6.07) is 21.1. The van der Waals surface area contributed by atoms with Crippen LogP contribution in [0.3, 0.4) is 0 Å². The van der Waals surface area contributed by atoms with Crippen molar-refractivity contribution < 1.29 is 9.18 Å². The van der Waals surface area contributed by atoms with Gasteiger partial charge in [0.15, 0.2) is 0 Å². The van der Waals surface area contributed by atoms with E-state index < -0.39 is 11.7 Å². The molecule has 4 rings (SSSR count). The number of fused-ring (bicyclic) bond motifs is 1. The van der Waals surface area contributed by atoms with Crippen molar-refractivity contribution >= 4 is 23.2 Å². The van der Waals surface area contributed by atoms with Crippen LogP contribution in [0.2, 0.25) is 5.02 Å². The Bertz CT molecular complexity index is 1080. The Labute approximate surface area is 193 Å². The molecular weight excluding hydrogens is 425 g/mol. The van der Waals surface area contributed by atoms with E-state index in [2.05, 4.69) is 63.6 Å². The number of rotatable bonds is 6. The molecule has 1 N–H and O–H groups in total. The van der Waals surface area contributed by atoms with Crippen molar-refractivity contribution in [1.29, 1.82) is 0 Å². The number of amides is 1. The minimum Gasteiger partial charge on any atom is -0.378 e. The molecule has 166 valence electrons. The van der Waals surface area contributed by atoms with Gasteiger partial charge in [-0.05, 0) is 47.4 Å². The first-order chi connectivity index (χ1) is 15.4. The highest BCUT2D eigenvalue weighted by molar-refractivity contribution is 6.33. The van der Waals surface area contributed by atoms with E-state index in [9.17, 15) is 9.18 Å². The summed E-state index contributed by atoms with van der Waals surface area (Å²) >= 11 is 6.09. The zero-order chi connectivity index (χ0) is 22.7. The Morgan fingerprint density at radius 2 is 1.78 bits per heavy atom. The van der Waals surface area contributed by atoms with E-state index in [0.717, 1.165) is 30.8 Å². The van der Waals surface area contributed by atoms with Crippen molar-refractivity contribution in [3.05, 3.63) is 99.8 Å². The highest BCUT2D eigenvalue weighted by Gasteiger charge is 2.26. The van der Waals surface area contributed by atoms with Gasteiger partial charge in [0, 0.05) is 39.4 Å². The molecule has 1 aliphatic rings. The quantitative estimate of drug-likeness (QED) is 0.568. The van der Waals surface area contributed by atoms with Gasteiger partial charge in [0.25, 0.3) is 5.91 Å². The van der Waals surface area contributed by atoms with Crippen molar-refractivity contribution in [2.45, 2.75) is 19.0 Å². The number of anilines is 1. The molecule has 0 radical (unpaired) electrons. The summed E-state index contributed by atoms with van der Waals surface area (Å²) < 4.78 is 14.2. The minimum atomic E-state index is -0.617. The fraction of sp³-hybridized carbons (Fsp3) is 0.269. The van der Waals surface area contributed by atoms with E-state index in [1.54, 1.807) is 0 Å². The van der Waals surface area contributed by atoms with E-state index in [4.69, 9.17) is 11.6 Å². The second kappa shape index (κ2) is 9.72. The monoisotopic (exact) mass is 451 g/mol. The lowest BCUT2D eigenvalue weighted by Gasteiger charge is -2.36. The largest absolute Gasteiger partial charge is 0.378 e. The van der Waals surface area contributed by atoms with Gasteiger partial charge < -0.3 is 10.2 Å². The van der Waals surface area contributed by atoms with Gasteiger partial charge in [-0.15, -0.1) is 0 Å². The van der Waals surface area contributed by atoms with Crippen LogP contribution in [0, 0.1) is 5.82 Å². The lowest BCUT2D eigenvalue weighted by Crippen LogP contribution is -2.41. The average molecular weight is 452 g/mol. The van der Waals surface area contributed by atoms with Crippen molar-refractivity contribution in [2.75, 3.05) is 32.1 Å². The zero-order valence-corrected chi connectivity index (χ0v) is 19.1. The normalized spacial score (nSPS) is 14.5. The molecule has 1 heterocycles. The first-order valence-corrected chi connectivity index (χ1v) is 11.1. The molecule has 0 fully saturated rings. The lowest BCUT2D eigenvalue weighted by atomic mass is 9.96. The van der Waals surface area contributed by atoms with E-state index in [1.165, 1.54) is 29.3 Å². The molecule has 0 aromatic heterocycles. The summed E-state index contributed by atoms with van der Waals surface area (Å²) in [5, 5.41) is 3.03. The Morgan fingerprint density at radius 1 is 1.06 bits per heavy atom. The predicted octanol–water partition coefficient (Wildman–Crippen LogP) is 5.07. The summed E-state index contributed by atoms with van der Waals surface area (Å²) in [4.78, 5) is 17.2. The minimum absolute atomic E-state index is 0.0472. The standard InChI is InChI=1S/C26H27ClFN3O/c1-30(2)21-12-10-19(11-13-21)24(31-15-14-18-6-3-4-7-20(18)17-31)16-29-26(32)25-22(27)8-5-9-23(25)28/h3-13,24H,14-17H2,1-2H3,(H,29,32)/t24-/m1/s1. The SMILES string of the molecule is CN(C)c1ccc([C@@H](CNC(=O)c2c(F)cccc2Cl)N2CCc3ccccc3C2)cc1. The van der Waals surface area contributed by atoms with Gasteiger partial charge in [-0.25, -0.2) is 4.39 Å². The second-order valence-electron chi connectivity index (χ2n) is 8.30. The summed E-state index contributed by atoms with van der Waals surface area (Å²) in [6.07, 6.45) is 0.954. The van der Waals surface area contributed by atoms with Crippen molar-refractivity contribution in [1.82, 2.24) is 10.2 Å². The van der Waals surface area contributed by atoms with E-state index in [1.807, 2.05) is 14.1 Å². The zero-order valence-electron chi connectivity index (χ0n) is 18.3. The van der Waals surface area contributed by atoms with Crippen molar-refractivity contribution in [3.63, 3.8) is 0 Å². The van der Waals surface area contributed by atoms with Gasteiger partial charge >= 0.3 is 0 Å². The third-order valence-electron chi connectivity index (χ3n) is 6.04. The number of nitrogens with zero attached hydrogens (tertiary/aromatic N) is 2. The second-order valence-corrected chi connectivity index (χ2v) is 8.70. The van der Waals surface area contributed by atoms with Crippen LogP contribution in [0.1, 0.15) is 33.1 Å².